The Hall–Kier alpha value is -4.02. The molecule has 194 valence electrons. The Labute approximate surface area is 212 Å². The Bertz CT molecular complexity index is 1510. The molecule has 2 aliphatic rings. The highest BCUT2D eigenvalue weighted by Crippen LogP contribution is 2.52. The van der Waals surface area contributed by atoms with Gasteiger partial charge in [-0.3, -0.25) is 4.79 Å². The van der Waals surface area contributed by atoms with Gasteiger partial charge in [-0.15, -0.1) is 19.0 Å². The van der Waals surface area contributed by atoms with Crippen molar-refractivity contribution in [3.63, 3.8) is 0 Å². The number of halogens is 2. The summed E-state index contributed by atoms with van der Waals surface area (Å²) in [5.41, 5.74) is 2.63. The zero-order valence-corrected chi connectivity index (χ0v) is 20.6. The predicted octanol–water partition coefficient (Wildman–Crippen LogP) is 4.93. The summed E-state index contributed by atoms with van der Waals surface area (Å²) in [7, 11) is 0. The van der Waals surface area contributed by atoms with Gasteiger partial charge in [0.15, 0.2) is 17.3 Å². The Kier molecular flexibility index (Phi) is 5.05. The number of anilines is 1. The topological polar surface area (TPSA) is 107 Å². The van der Waals surface area contributed by atoms with E-state index in [0.29, 0.717) is 42.9 Å². The summed E-state index contributed by atoms with van der Waals surface area (Å²) in [6.45, 7) is 7.17. The highest BCUT2D eigenvalue weighted by Gasteiger charge is 2.52. The molecule has 6 rings (SSSR count). The fraction of sp³-hybridized carbons (Fsp3) is 0.385. The molecule has 11 heteroatoms. The van der Waals surface area contributed by atoms with Crippen LogP contribution < -0.4 is 14.8 Å². The fourth-order valence-electron chi connectivity index (χ4n) is 4.98. The summed E-state index contributed by atoms with van der Waals surface area (Å²) < 4.78 is 38.2. The number of nitrogens with zero attached hydrogens (tertiary/aromatic N) is 4. The van der Waals surface area contributed by atoms with Crippen molar-refractivity contribution in [1.29, 1.82) is 0 Å². The van der Waals surface area contributed by atoms with E-state index in [0.717, 1.165) is 16.6 Å². The number of aromatic nitrogens is 5. The summed E-state index contributed by atoms with van der Waals surface area (Å²) >= 11 is 0. The highest BCUT2D eigenvalue weighted by atomic mass is 19.3. The number of aryl methyl sites for hydroxylation is 2. The van der Waals surface area contributed by atoms with Gasteiger partial charge in [0.25, 0.3) is 0 Å². The third-order valence-corrected chi connectivity index (χ3v) is 7.01. The van der Waals surface area contributed by atoms with Crippen LogP contribution in [0.3, 0.4) is 0 Å². The van der Waals surface area contributed by atoms with Gasteiger partial charge in [0.1, 0.15) is 0 Å². The number of alkyl halides is 2. The van der Waals surface area contributed by atoms with Gasteiger partial charge >= 0.3 is 6.29 Å². The lowest BCUT2D eigenvalue weighted by atomic mass is 9.92. The summed E-state index contributed by atoms with van der Waals surface area (Å²) in [4.78, 5) is 13.4. The average Bonchev–Trinajstić information content (AvgIpc) is 3.16. The lowest BCUT2D eigenvalue weighted by molar-refractivity contribution is -0.286. The Morgan fingerprint density at radius 3 is 2.62 bits per heavy atom. The maximum atomic E-state index is 13.4. The summed E-state index contributed by atoms with van der Waals surface area (Å²) in [5, 5.41) is 18.3. The van der Waals surface area contributed by atoms with Gasteiger partial charge in [-0.05, 0) is 54.8 Å². The molecular weight excluding hydrogens is 482 g/mol. The molecule has 0 spiro atoms. The van der Waals surface area contributed by atoms with E-state index in [4.69, 9.17) is 0 Å². The van der Waals surface area contributed by atoms with E-state index in [2.05, 4.69) is 66.8 Å². The second kappa shape index (κ2) is 7.99. The van der Waals surface area contributed by atoms with Gasteiger partial charge in [-0.25, -0.2) is 0 Å². The van der Waals surface area contributed by atoms with E-state index in [9.17, 15) is 13.6 Å². The van der Waals surface area contributed by atoms with E-state index in [-0.39, 0.29) is 24.2 Å². The number of carbonyl (C=O) groups is 1. The van der Waals surface area contributed by atoms with Crippen LogP contribution in [0.25, 0.3) is 10.9 Å². The van der Waals surface area contributed by atoms with E-state index < -0.39 is 11.7 Å². The molecule has 0 atom stereocenters. The Balaban J connectivity index is 0.00000294. The molecular formula is C26H28F2N6O3. The number of hydrogen-bond donors (Lipinski definition) is 2. The van der Waals surface area contributed by atoms with Crippen molar-refractivity contribution in [3.8, 4) is 11.5 Å². The van der Waals surface area contributed by atoms with E-state index in [1.807, 2.05) is 18.2 Å². The zero-order chi connectivity index (χ0) is 26.0. The van der Waals surface area contributed by atoms with Crippen LogP contribution in [0.2, 0.25) is 0 Å². The van der Waals surface area contributed by atoms with Gasteiger partial charge in [-0.2, -0.15) is 5.21 Å². The first kappa shape index (κ1) is 23.4. The molecule has 2 aromatic carbocycles. The van der Waals surface area contributed by atoms with Gasteiger partial charge in [0.2, 0.25) is 5.91 Å². The van der Waals surface area contributed by atoms with Crippen molar-refractivity contribution in [2.75, 3.05) is 5.32 Å². The van der Waals surface area contributed by atoms with Crippen molar-refractivity contribution in [2.24, 2.45) is 0 Å². The van der Waals surface area contributed by atoms with E-state index >= 15 is 0 Å². The number of fused-ring (bicyclic) bond motifs is 2. The molecule has 1 aliphatic heterocycles. The molecule has 37 heavy (non-hydrogen) atoms. The molecule has 3 heterocycles. The first-order valence-electron chi connectivity index (χ1n) is 12.1. The molecule has 2 N–H and O–H groups in total. The number of amides is 1. The zero-order valence-electron chi connectivity index (χ0n) is 20.6. The molecule has 1 saturated carbocycles. The van der Waals surface area contributed by atoms with Gasteiger partial charge in [0, 0.05) is 42.1 Å². The number of rotatable bonds is 6. The fourth-order valence-corrected chi connectivity index (χ4v) is 4.98. The molecule has 0 bridgehead atoms. The van der Waals surface area contributed by atoms with Crippen LogP contribution in [0, 0.1) is 0 Å². The predicted molar refractivity (Wildman–Crippen MR) is 133 cm³/mol. The number of hydrogen-bond acceptors (Lipinski definition) is 6. The number of aromatic amines is 1. The quantitative estimate of drug-likeness (QED) is 0.381. The standard InChI is InChI=1S/C26H26F2N6O3.H2/c1-24(2,3)21-13-15-12-17(5-6-18(15)34(21)11-8-22-30-32-33-31-22)29-23(35)25(9-10-25)16-4-7-19-20(14-16)37-26(27,28)36-19;/h4-7,12-14H,8-11H2,1-3H3,(H,29,35)(H,30,31,32,33);1H. The van der Waals surface area contributed by atoms with Crippen LogP contribution in [0.1, 0.15) is 52.1 Å². The van der Waals surface area contributed by atoms with Crippen molar-refractivity contribution < 1.29 is 24.5 Å². The number of benzene rings is 2. The minimum Gasteiger partial charge on any atom is -0.395 e. The molecule has 2 aromatic heterocycles. The smallest absolute Gasteiger partial charge is 0.395 e. The van der Waals surface area contributed by atoms with Crippen LogP contribution in [-0.2, 0) is 28.6 Å². The Morgan fingerprint density at radius 1 is 1.14 bits per heavy atom. The maximum Gasteiger partial charge on any atom is 0.586 e. The highest BCUT2D eigenvalue weighted by molar-refractivity contribution is 6.02. The number of nitrogens with one attached hydrogen (secondary N) is 2. The second-order valence-corrected chi connectivity index (χ2v) is 10.6. The minimum atomic E-state index is -3.69. The number of ether oxygens (including phenoxy) is 2. The molecule has 9 nitrogen and oxygen atoms in total. The molecule has 1 amide bonds. The van der Waals surface area contributed by atoms with Crippen LogP contribution in [0.4, 0.5) is 14.5 Å². The molecule has 4 aromatic rings. The first-order chi connectivity index (χ1) is 17.5. The van der Waals surface area contributed by atoms with Crippen LogP contribution in [0.15, 0.2) is 42.5 Å². The molecule has 1 fully saturated rings. The van der Waals surface area contributed by atoms with Crippen LogP contribution in [-0.4, -0.2) is 37.4 Å². The van der Waals surface area contributed by atoms with Crippen LogP contribution in [0.5, 0.6) is 11.5 Å². The SMILES string of the molecule is CC(C)(C)c1cc2cc(NC(=O)C3(c4ccc5c(c4)OC(F)(F)O5)CC3)ccc2n1CCc1nn[nH]n1.[HH]. The lowest BCUT2D eigenvalue weighted by Crippen LogP contribution is -2.27. The van der Waals surface area contributed by atoms with Crippen LogP contribution >= 0.6 is 0 Å². The van der Waals surface area contributed by atoms with Crippen molar-refractivity contribution in [2.45, 2.75) is 63.7 Å². The van der Waals surface area contributed by atoms with Gasteiger partial charge < -0.3 is 19.4 Å². The van der Waals surface area contributed by atoms with Crippen molar-refractivity contribution in [3.05, 3.63) is 59.5 Å². The third kappa shape index (κ3) is 4.17. The monoisotopic (exact) mass is 510 g/mol. The number of carbonyl (C=O) groups excluding carboxylic acids is 1. The Morgan fingerprint density at radius 2 is 1.92 bits per heavy atom. The molecule has 0 saturated heterocycles. The minimum absolute atomic E-state index is 0. The molecule has 0 unspecified atom stereocenters. The normalized spacial score (nSPS) is 17.2. The third-order valence-electron chi connectivity index (χ3n) is 7.01. The first-order valence-corrected chi connectivity index (χ1v) is 12.1. The number of H-pyrrole nitrogens is 1. The molecule has 0 radical (unpaired) electrons. The van der Waals surface area contributed by atoms with Gasteiger partial charge in [-0.1, -0.05) is 32.1 Å². The van der Waals surface area contributed by atoms with E-state index in [1.165, 1.54) is 12.1 Å². The largest absolute Gasteiger partial charge is 0.586 e. The lowest BCUT2D eigenvalue weighted by Gasteiger charge is -2.22. The summed E-state index contributed by atoms with van der Waals surface area (Å²) in [5.74, 6) is 0.381. The summed E-state index contributed by atoms with van der Waals surface area (Å²) in [6, 6.07) is 12.5. The molecule has 1 aliphatic carbocycles. The van der Waals surface area contributed by atoms with Crippen molar-refractivity contribution >= 4 is 22.5 Å². The summed E-state index contributed by atoms with van der Waals surface area (Å²) in [6.07, 6.45) is -1.81. The number of tetrazole rings is 1. The van der Waals surface area contributed by atoms with Gasteiger partial charge in [0.05, 0.1) is 5.41 Å². The van der Waals surface area contributed by atoms with E-state index in [1.54, 1.807) is 6.07 Å². The maximum absolute atomic E-state index is 13.4. The average molecular weight is 511 g/mol. The second-order valence-electron chi connectivity index (χ2n) is 10.6. The van der Waals surface area contributed by atoms with Crippen molar-refractivity contribution in [1.82, 2.24) is 25.2 Å².